The van der Waals surface area contributed by atoms with Crippen molar-refractivity contribution in [1.82, 2.24) is 10.6 Å². The van der Waals surface area contributed by atoms with Gasteiger partial charge in [-0.15, -0.1) is 24.0 Å². The summed E-state index contributed by atoms with van der Waals surface area (Å²) in [7, 11) is 1.69. The minimum atomic E-state index is 0. The van der Waals surface area contributed by atoms with E-state index in [2.05, 4.69) is 60.7 Å². The topological polar surface area (TPSA) is 54.9 Å². The van der Waals surface area contributed by atoms with Gasteiger partial charge in [-0.1, -0.05) is 38.1 Å². The van der Waals surface area contributed by atoms with E-state index in [1.165, 1.54) is 17.5 Å². The number of hydrogen-bond donors (Lipinski definition) is 2. The van der Waals surface area contributed by atoms with Crippen molar-refractivity contribution in [3.05, 3.63) is 35.4 Å². The summed E-state index contributed by atoms with van der Waals surface area (Å²) < 4.78 is 10.4. The Kier molecular flexibility index (Phi) is 11.9. The lowest BCUT2D eigenvalue weighted by atomic mass is 10.0. The van der Waals surface area contributed by atoms with Crippen LogP contribution >= 0.6 is 24.0 Å². The molecule has 1 aromatic carbocycles. The van der Waals surface area contributed by atoms with Crippen molar-refractivity contribution in [3.8, 4) is 0 Å². The largest absolute Gasteiger partial charge is 0.382 e. The van der Waals surface area contributed by atoms with E-state index in [-0.39, 0.29) is 24.0 Å². The van der Waals surface area contributed by atoms with E-state index < -0.39 is 0 Å². The van der Waals surface area contributed by atoms with Gasteiger partial charge in [0.1, 0.15) is 0 Å². The van der Waals surface area contributed by atoms with E-state index in [1.54, 1.807) is 7.11 Å². The summed E-state index contributed by atoms with van der Waals surface area (Å²) in [5, 5.41) is 6.91. The molecule has 0 saturated heterocycles. The third-order valence-corrected chi connectivity index (χ3v) is 4.64. The van der Waals surface area contributed by atoms with Crippen LogP contribution in [0.1, 0.15) is 56.6 Å². The molecule has 2 unspecified atom stereocenters. The molecule has 2 atom stereocenters. The molecule has 0 aromatic heterocycles. The quantitative estimate of drug-likeness (QED) is 0.214. The fourth-order valence-corrected chi connectivity index (χ4v) is 2.95. The van der Waals surface area contributed by atoms with Crippen LogP contribution in [0.4, 0.5) is 0 Å². The zero-order chi connectivity index (χ0) is 18.8. The van der Waals surface area contributed by atoms with Crippen LogP contribution in [-0.2, 0) is 9.47 Å². The van der Waals surface area contributed by atoms with Gasteiger partial charge in [-0.2, -0.15) is 0 Å². The number of hydrogen-bond acceptors (Lipinski definition) is 3. The van der Waals surface area contributed by atoms with Crippen molar-refractivity contribution in [2.45, 2.75) is 51.5 Å². The molecule has 5 nitrogen and oxygen atoms in total. The highest BCUT2D eigenvalue weighted by Gasteiger charge is 2.38. The molecule has 6 heteroatoms. The Morgan fingerprint density at radius 1 is 1.19 bits per heavy atom. The summed E-state index contributed by atoms with van der Waals surface area (Å²) in [4.78, 5) is 4.66. The Bertz CT molecular complexity index is 549. The van der Waals surface area contributed by atoms with Crippen LogP contribution in [-0.4, -0.2) is 52.0 Å². The highest BCUT2D eigenvalue weighted by atomic mass is 127. The second kappa shape index (κ2) is 13.3. The lowest BCUT2D eigenvalue weighted by Gasteiger charge is -2.12. The minimum absolute atomic E-state index is 0. The molecule has 0 aliphatic heterocycles. The molecule has 0 amide bonds. The maximum absolute atomic E-state index is 5.48. The number of benzene rings is 1. The second-order valence-electron chi connectivity index (χ2n) is 7.13. The summed E-state index contributed by atoms with van der Waals surface area (Å²) in [6.07, 6.45) is 2.09. The van der Waals surface area contributed by atoms with Crippen LogP contribution < -0.4 is 10.6 Å². The van der Waals surface area contributed by atoms with Crippen LogP contribution in [0.3, 0.4) is 0 Å². The highest BCUT2D eigenvalue weighted by molar-refractivity contribution is 14.0. The van der Waals surface area contributed by atoms with Crippen LogP contribution in [0.5, 0.6) is 0 Å². The van der Waals surface area contributed by atoms with Crippen molar-refractivity contribution in [3.63, 3.8) is 0 Å². The van der Waals surface area contributed by atoms with Crippen molar-refractivity contribution < 1.29 is 9.47 Å². The Morgan fingerprint density at radius 2 is 1.93 bits per heavy atom. The van der Waals surface area contributed by atoms with E-state index in [4.69, 9.17) is 9.47 Å². The highest BCUT2D eigenvalue weighted by Crippen LogP contribution is 2.41. The van der Waals surface area contributed by atoms with Crippen molar-refractivity contribution >= 4 is 29.9 Å². The van der Waals surface area contributed by atoms with E-state index in [0.717, 1.165) is 32.1 Å². The molecular formula is C21H36IN3O2. The molecule has 1 fully saturated rings. The fourth-order valence-electron chi connectivity index (χ4n) is 2.95. The number of rotatable bonds is 11. The van der Waals surface area contributed by atoms with Gasteiger partial charge in [-0.25, -0.2) is 0 Å². The standard InChI is InChI=1S/C21H35N3O2.HI/c1-5-22-21(23-11-6-12-26-14-13-25-4)24-20-15-19(20)18-9-7-17(8-10-18)16(2)3;/h7-10,16,19-20H,5-6,11-15H2,1-4H3,(H2,22,23,24);1H. The summed E-state index contributed by atoms with van der Waals surface area (Å²) in [5.74, 6) is 2.09. The first-order chi connectivity index (χ1) is 12.7. The minimum Gasteiger partial charge on any atom is -0.382 e. The Morgan fingerprint density at radius 3 is 2.56 bits per heavy atom. The van der Waals surface area contributed by atoms with Gasteiger partial charge in [0.25, 0.3) is 0 Å². The lowest BCUT2D eigenvalue weighted by molar-refractivity contribution is 0.0702. The molecule has 0 radical (unpaired) electrons. The molecule has 1 aliphatic rings. The number of aliphatic imine (C=N–C) groups is 1. The Hall–Kier alpha value is -0.860. The third-order valence-electron chi connectivity index (χ3n) is 4.64. The first kappa shape index (κ1) is 24.2. The molecule has 27 heavy (non-hydrogen) atoms. The van der Waals surface area contributed by atoms with Gasteiger partial charge in [-0.3, -0.25) is 4.99 Å². The van der Waals surface area contributed by atoms with E-state index in [1.807, 2.05) is 0 Å². The summed E-state index contributed by atoms with van der Waals surface area (Å²) >= 11 is 0. The van der Waals surface area contributed by atoms with Crippen LogP contribution in [0.15, 0.2) is 29.3 Å². The van der Waals surface area contributed by atoms with Crippen LogP contribution in [0.25, 0.3) is 0 Å². The molecule has 2 rings (SSSR count). The number of nitrogens with one attached hydrogen (secondary N) is 2. The van der Waals surface area contributed by atoms with Gasteiger partial charge in [0, 0.05) is 38.8 Å². The molecule has 1 aromatic rings. The first-order valence-corrected chi connectivity index (χ1v) is 9.87. The molecule has 1 aliphatic carbocycles. The molecule has 0 spiro atoms. The second-order valence-corrected chi connectivity index (χ2v) is 7.13. The number of guanidine groups is 1. The summed E-state index contributed by atoms with van der Waals surface area (Å²) in [6.45, 7) is 10.2. The zero-order valence-electron chi connectivity index (χ0n) is 17.2. The molecule has 1 saturated carbocycles. The van der Waals surface area contributed by atoms with E-state index >= 15 is 0 Å². The van der Waals surface area contributed by atoms with Crippen molar-refractivity contribution in [2.24, 2.45) is 4.99 Å². The summed E-state index contributed by atoms with van der Waals surface area (Å²) in [6, 6.07) is 9.57. The summed E-state index contributed by atoms with van der Waals surface area (Å²) in [5.41, 5.74) is 2.83. The van der Waals surface area contributed by atoms with Gasteiger partial charge >= 0.3 is 0 Å². The van der Waals surface area contributed by atoms with Gasteiger partial charge in [0.15, 0.2) is 5.96 Å². The molecule has 0 bridgehead atoms. The monoisotopic (exact) mass is 489 g/mol. The van der Waals surface area contributed by atoms with Crippen molar-refractivity contribution in [1.29, 1.82) is 0 Å². The lowest BCUT2D eigenvalue weighted by Crippen LogP contribution is -2.39. The normalized spacial score (nSPS) is 18.9. The Balaban J connectivity index is 0.00000364. The average Bonchev–Trinajstić information content (AvgIpc) is 3.40. The first-order valence-electron chi connectivity index (χ1n) is 9.87. The van der Waals surface area contributed by atoms with Gasteiger partial charge < -0.3 is 20.1 Å². The van der Waals surface area contributed by atoms with Gasteiger partial charge in [-0.05, 0) is 36.8 Å². The third kappa shape index (κ3) is 8.79. The SMILES string of the molecule is CCNC(=NCCCOCCOC)NC1CC1c1ccc(C(C)C)cc1.I. The maximum Gasteiger partial charge on any atom is 0.191 e. The van der Waals surface area contributed by atoms with E-state index in [0.29, 0.717) is 31.1 Å². The van der Waals surface area contributed by atoms with Crippen molar-refractivity contribution in [2.75, 3.05) is 40.0 Å². The average molecular weight is 489 g/mol. The zero-order valence-corrected chi connectivity index (χ0v) is 19.5. The molecular weight excluding hydrogens is 453 g/mol. The maximum atomic E-state index is 5.48. The molecule has 0 heterocycles. The van der Waals surface area contributed by atoms with Crippen LogP contribution in [0, 0.1) is 0 Å². The molecule has 154 valence electrons. The number of nitrogens with zero attached hydrogens (tertiary/aromatic N) is 1. The number of halogens is 1. The van der Waals surface area contributed by atoms with Crippen LogP contribution in [0.2, 0.25) is 0 Å². The number of methoxy groups -OCH3 is 1. The molecule has 2 N–H and O–H groups in total. The smallest absolute Gasteiger partial charge is 0.191 e. The Labute approximate surface area is 181 Å². The van der Waals surface area contributed by atoms with E-state index in [9.17, 15) is 0 Å². The van der Waals surface area contributed by atoms with Gasteiger partial charge in [0.2, 0.25) is 0 Å². The predicted molar refractivity (Wildman–Crippen MR) is 124 cm³/mol. The predicted octanol–water partition coefficient (Wildman–Crippen LogP) is 3.89. The fraction of sp³-hybridized carbons (Fsp3) is 0.667. The number of ether oxygens (including phenoxy) is 2. The van der Waals surface area contributed by atoms with Gasteiger partial charge in [0.05, 0.1) is 13.2 Å².